The van der Waals surface area contributed by atoms with Crippen molar-refractivity contribution in [3.8, 4) is 0 Å². The molecule has 1 aliphatic carbocycles. The van der Waals surface area contributed by atoms with Crippen molar-refractivity contribution in [2.24, 2.45) is 5.92 Å². The van der Waals surface area contributed by atoms with Crippen LogP contribution in [0.5, 0.6) is 0 Å². The van der Waals surface area contributed by atoms with E-state index in [1.54, 1.807) is 6.92 Å². The summed E-state index contributed by atoms with van der Waals surface area (Å²) in [6.45, 7) is 2.32. The Hall–Kier alpha value is -1.30. The van der Waals surface area contributed by atoms with Crippen LogP contribution in [-0.2, 0) is 16.0 Å². The van der Waals surface area contributed by atoms with Crippen LogP contribution in [0.1, 0.15) is 30.5 Å². The molecule has 1 aromatic rings. The van der Waals surface area contributed by atoms with E-state index in [-0.39, 0.29) is 17.9 Å². The maximum absolute atomic E-state index is 11.8. The monoisotopic (exact) mass is 282 g/mol. The number of esters is 1. The number of rotatable bonds is 6. The van der Waals surface area contributed by atoms with Crippen molar-refractivity contribution in [2.45, 2.75) is 37.8 Å². The topological polar surface area (TPSA) is 72.0 Å². The van der Waals surface area contributed by atoms with Gasteiger partial charge in [0.2, 0.25) is 0 Å². The molecule has 1 aromatic heterocycles. The van der Waals surface area contributed by atoms with Crippen molar-refractivity contribution in [3.05, 3.63) is 21.6 Å². The van der Waals surface area contributed by atoms with Gasteiger partial charge in [-0.2, -0.15) is 0 Å². The highest BCUT2D eigenvalue weighted by Crippen LogP contribution is 2.28. The molecular weight excluding hydrogens is 264 g/mol. The minimum absolute atomic E-state index is 0.160. The average molecular weight is 282 g/mol. The summed E-state index contributed by atoms with van der Waals surface area (Å²) in [5.74, 6) is 0.330. The van der Waals surface area contributed by atoms with Crippen molar-refractivity contribution in [2.75, 3.05) is 12.9 Å². The smallest absolute Gasteiger partial charge is 0.306 e. The van der Waals surface area contributed by atoms with Crippen LogP contribution in [-0.4, -0.2) is 28.8 Å². The van der Waals surface area contributed by atoms with Gasteiger partial charge in [0.25, 0.3) is 5.56 Å². The van der Waals surface area contributed by atoms with Crippen LogP contribution in [0.2, 0.25) is 0 Å². The molecule has 0 atom stereocenters. The number of aryl methyl sites for hydroxylation is 1. The molecule has 1 heterocycles. The Bertz CT molecular complexity index is 523. The highest BCUT2D eigenvalue weighted by molar-refractivity contribution is 7.98. The molecule has 1 N–H and O–H groups in total. The molecule has 2 rings (SSSR count). The number of aromatic amines is 1. The summed E-state index contributed by atoms with van der Waals surface area (Å²) >= 11 is 1.39. The number of nitrogens with zero attached hydrogens (tertiary/aromatic N) is 1. The number of hydrogen-bond donors (Lipinski definition) is 1. The molecule has 0 saturated heterocycles. The molecule has 0 bridgehead atoms. The quantitative estimate of drug-likeness (QED) is 0.488. The number of carbonyl (C=O) groups excluding carboxylic acids is 1. The zero-order valence-corrected chi connectivity index (χ0v) is 12.0. The van der Waals surface area contributed by atoms with E-state index in [0.717, 1.165) is 12.8 Å². The Labute approximate surface area is 116 Å². The van der Waals surface area contributed by atoms with E-state index in [4.69, 9.17) is 4.74 Å². The van der Waals surface area contributed by atoms with E-state index in [1.165, 1.54) is 11.8 Å². The third-order valence-electron chi connectivity index (χ3n) is 3.15. The lowest BCUT2D eigenvalue weighted by molar-refractivity contribution is -0.144. The van der Waals surface area contributed by atoms with E-state index >= 15 is 0 Å². The minimum Gasteiger partial charge on any atom is -0.465 e. The zero-order chi connectivity index (χ0) is 13.8. The average Bonchev–Trinajstić information content (AvgIpc) is 3.19. The molecule has 0 aromatic carbocycles. The summed E-state index contributed by atoms with van der Waals surface area (Å²) < 4.78 is 5.14. The van der Waals surface area contributed by atoms with Gasteiger partial charge in [0.05, 0.1) is 6.61 Å². The molecule has 1 fully saturated rings. The first-order valence-corrected chi connectivity index (χ1v) is 7.62. The Kier molecular flexibility index (Phi) is 4.63. The lowest BCUT2D eigenvalue weighted by Crippen LogP contribution is -2.19. The molecule has 1 saturated carbocycles. The fourth-order valence-electron chi connectivity index (χ4n) is 1.77. The van der Waals surface area contributed by atoms with Gasteiger partial charge in [-0.3, -0.25) is 9.59 Å². The molecular formula is C13H18N2O3S. The first-order chi connectivity index (χ1) is 9.10. The normalized spacial score (nSPS) is 14.4. The molecule has 19 heavy (non-hydrogen) atoms. The summed E-state index contributed by atoms with van der Waals surface area (Å²) in [7, 11) is 0. The van der Waals surface area contributed by atoms with Gasteiger partial charge in [-0.1, -0.05) is 11.8 Å². The van der Waals surface area contributed by atoms with E-state index in [1.807, 2.05) is 6.26 Å². The first-order valence-electron chi connectivity index (χ1n) is 6.39. The summed E-state index contributed by atoms with van der Waals surface area (Å²) in [5.41, 5.74) is 1.09. The van der Waals surface area contributed by atoms with Crippen molar-refractivity contribution in [1.29, 1.82) is 0 Å². The second kappa shape index (κ2) is 6.23. The molecule has 0 aliphatic heterocycles. The van der Waals surface area contributed by atoms with Crippen LogP contribution in [0.4, 0.5) is 0 Å². The van der Waals surface area contributed by atoms with E-state index in [9.17, 15) is 9.59 Å². The van der Waals surface area contributed by atoms with Gasteiger partial charge in [-0.05, 0) is 38.4 Å². The van der Waals surface area contributed by atoms with E-state index < -0.39 is 0 Å². The maximum Gasteiger partial charge on any atom is 0.306 e. The van der Waals surface area contributed by atoms with Gasteiger partial charge in [-0.25, -0.2) is 4.98 Å². The third-order valence-corrected chi connectivity index (χ3v) is 3.73. The summed E-state index contributed by atoms with van der Waals surface area (Å²) in [5, 5.41) is 0.600. The molecule has 0 amide bonds. The maximum atomic E-state index is 11.8. The molecule has 6 heteroatoms. The molecule has 0 spiro atoms. The van der Waals surface area contributed by atoms with Crippen molar-refractivity contribution >= 4 is 17.7 Å². The Morgan fingerprint density at radius 3 is 2.84 bits per heavy atom. The van der Waals surface area contributed by atoms with Crippen LogP contribution in [0.15, 0.2) is 9.95 Å². The predicted molar refractivity (Wildman–Crippen MR) is 73.4 cm³/mol. The predicted octanol–water partition coefficient (Wildman–Crippen LogP) is 1.69. The van der Waals surface area contributed by atoms with Gasteiger partial charge in [0, 0.05) is 17.7 Å². The minimum atomic E-state index is -0.236. The van der Waals surface area contributed by atoms with Gasteiger partial charge in [-0.15, -0.1) is 0 Å². The van der Waals surface area contributed by atoms with Crippen molar-refractivity contribution < 1.29 is 9.53 Å². The third kappa shape index (κ3) is 4.09. The van der Waals surface area contributed by atoms with Crippen LogP contribution >= 0.6 is 11.8 Å². The SMILES string of the molecule is CSc1nc(C)c(CCC(=O)OCC2CC2)c(=O)[nH]1. The first kappa shape index (κ1) is 14.1. The number of nitrogens with one attached hydrogen (secondary N) is 1. The van der Waals surface area contributed by atoms with Crippen LogP contribution < -0.4 is 5.56 Å². The second-order valence-electron chi connectivity index (χ2n) is 4.77. The van der Waals surface area contributed by atoms with Crippen molar-refractivity contribution in [1.82, 2.24) is 9.97 Å². The Morgan fingerprint density at radius 2 is 2.26 bits per heavy atom. The zero-order valence-electron chi connectivity index (χ0n) is 11.2. The lowest BCUT2D eigenvalue weighted by Gasteiger charge is -2.06. The van der Waals surface area contributed by atoms with Crippen molar-refractivity contribution in [3.63, 3.8) is 0 Å². The number of aromatic nitrogens is 2. The number of ether oxygens (including phenoxy) is 1. The van der Waals surface area contributed by atoms with Gasteiger partial charge in [0.1, 0.15) is 0 Å². The van der Waals surface area contributed by atoms with Crippen LogP contribution in [0, 0.1) is 12.8 Å². The number of hydrogen-bond acceptors (Lipinski definition) is 5. The summed E-state index contributed by atoms with van der Waals surface area (Å²) in [4.78, 5) is 30.3. The largest absolute Gasteiger partial charge is 0.465 e. The molecule has 0 radical (unpaired) electrons. The molecule has 0 unspecified atom stereocenters. The number of carbonyl (C=O) groups is 1. The summed E-state index contributed by atoms with van der Waals surface area (Å²) in [6.07, 6.45) is 4.79. The van der Waals surface area contributed by atoms with Gasteiger partial charge in [0.15, 0.2) is 5.16 Å². The second-order valence-corrected chi connectivity index (χ2v) is 5.56. The Morgan fingerprint density at radius 1 is 1.53 bits per heavy atom. The van der Waals surface area contributed by atoms with Crippen LogP contribution in [0.3, 0.4) is 0 Å². The standard InChI is InChI=1S/C13H18N2O3S/c1-8-10(12(17)15-13(14-8)19-2)5-6-11(16)18-7-9-3-4-9/h9H,3-7H2,1-2H3,(H,14,15,17). The molecule has 5 nitrogen and oxygen atoms in total. The Balaban J connectivity index is 1.91. The number of H-pyrrole nitrogens is 1. The fourth-order valence-corrected chi connectivity index (χ4v) is 2.19. The number of thioether (sulfide) groups is 1. The van der Waals surface area contributed by atoms with E-state index in [2.05, 4.69) is 9.97 Å². The lowest BCUT2D eigenvalue weighted by atomic mass is 10.1. The highest BCUT2D eigenvalue weighted by atomic mass is 32.2. The van der Waals surface area contributed by atoms with E-state index in [0.29, 0.717) is 35.4 Å². The fraction of sp³-hybridized carbons (Fsp3) is 0.615. The highest BCUT2D eigenvalue weighted by Gasteiger charge is 2.23. The molecule has 1 aliphatic rings. The van der Waals surface area contributed by atoms with Crippen LogP contribution in [0.25, 0.3) is 0 Å². The van der Waals surface area contributed by atoms with Gasteiger partial charge < -0.3 is 9.72 Å². The summed E-state index contributed by atoms with van der Waals surface area (Å²) in [6, 6.07) is 0. The van der Waals surface area contributed by atoms with Gasteiger partial charge >= 0.3 is 5.97 Å². The molecule has 104 valence electrons.